The molecule has 158 valence electrons. The molecule has 2 heterocycles. The van der Waals surface area contributed by atoms with E-state index < -0.39 is 5.97 Å². The molecule has 0 spiro atoms. The highest BCUT2D eigenvalue weighted by Gasteiger charge is 2.18. The molecule has 2 aromatic carbocycles. The number of carbonyl (C=O) groups excluding carboxylic acids is 1. The van der Waals surface area contributed by atoms with Gasteiger partial charge in [0, 0.05) is 19.0 Å². The average molecular weight is 437 g/mol. The summed E-state index contributed by atoms with van der Waals surface area (Å²) in [7, 11) is 1.72. The maximum absolute atomic E-state index is 13.1. The molecular weight excluding hydrogens is 416 g/mol. The van der Waals surface area contributed by atoms with Gasteiger partial charge in [-0.1, -0.05) is 17.7 Å². The number of carbonyl (C=O) groups is 1. The van der Waals surface area contributed by atoms with Gasteiger partial charge in [-0.05, 0) is 61.4 Å². The van der Waals surface area contributed by atoms with Crippen molar-refractivity contribution in [1.82, 2.24) is 19.3 Å². The van der Waals surface area contributed by atoms with E-state index in [-0.39, 0.29) is 17.9 Å². The molecular formula is C23H21ClN4O3. The molecule has 4 rings (SSSR count). The van der Waals surface area contributed by atoms with Crippen molar-refractivity contribution >= 4 is 28.6 Å². The van der Waals surface area contributed by atoms with Gasteiger partial charge in [0.2, 0.25) is 0 Å². The van der Waals surface area contributed by atoms with Gasteiger partial charge >= 0.3 is 5.97 Å². The molecule has 0 atom stereocenters. The molecule has 0 saturated heterocycles. The lowest BCUT2D eigenvalue weighted by Crippen LogP contribution is -2.21. The highest BCUT2D eigenvalue weighted by molar-refractivity contribution is 6.30. The molecule has 0 unspecified atom stereocenters. The Bertz CT molecular complexity index is 1390. The fraction of sp³-hybridized carbons (Fsp3) is 0.217. The Morgan fingerprint density at radius 3 is 2.58 bits per heavy atom. The largest absolute Gasteiger partial charge is 0.459 e. The monoisotopic (exact) mass is 436 g/mol. The molecule has 0 fully saturated rings. The van der Waals surface area contributed by atoms with Crippen LogP contribution in [0.5, 0.6) is 0 Å². The van der Waals surface area contributed by atoms with Crippen molar-refractivity contribution in [1.29, 1.82) is 0 Å². The summed E-state index contributed by atoms with van der Waals surface area (Å²) in [6, 6.07) is 12.8. The number of ether oxygens (including phenoxy) is 1. The Labute approximate surface area is 183 Å². The number of benzene rings is 2. The van der Waals surface area contributed by atoms with Crippen LogP contribution in [0.2, 0.25) is 5.02 Å². The summed E-state index contributed by atoms with van der Waals surface area (Å²) >= 11 is 6.15. The lowest BCUT2D eigenvalue weighted by atomic mass is 10.1. The second-order valence-electron chi connectivity index (χ2n) is 7.44. The molecule has 0 radical (unpaired) electrons. The first kappa shape index (κ1) is 20.8. The maximum atomic E-state index is 13.1. The number of hydrogen-bond donors (Lipinski definition) is 0. The SMILES string of the molecule is CC(=O)OCc1cc(-c2nc3cc(C)c(C)cc3n(C)c2=O)nn1-c1cccc(Cl)c1. The van der Waals surface area contributed by atoms with Crippen LogP contribution in [0.25, 0.3) is 28.1 Å². The zero-order valence-electron chi connectivity index (χ0n) is 17.6. The lowest BCUT2D eigenvalue weighted by Gasteiger charge is -2.09. The smallest absolute Gasteiger partial charge is 0.303 e. The zero-order valence-corrected chi connectivity index (χ0v) is 18.4. The Hall–Kier alpha value is -3.45. The normalized spacial score (nSPS) is 11.1. The van der Waals surface area contributed by atoms with Gasteiger partial charge < -0.3 is 9.30 Å². The van der Waals surface area contributed by atoms with Gasteiger partial charge in [0.15, 0.2) is 5.69 Å². The number of nitrogens with zero attached hydrogens (tertiary/aromatic N) is 4. The number of halogens is 1. The zero-order chi connectivity index (χ0) is 22.3. The van der Waals surface area contributed by atoms with E-state index in [0.717, 1.165) is 16.6 Å². The quantitative estimate of drug-likeness (QED) is 0.449. The van der Waals surface area contributed by atoms with Crippen molar-refractivity contribution in [3.63, 3.8) is 0 Å². The second-order valence-corrected chi connectivity index (χ2v) is 7.88. The van der Waals surface area contributed by atoms with Crippen LogP contribution in [0, 0.1) is 13.8 Å². The van der Waals surface area contributed by atoms with Crippen molar-refractivity contribution < 1.29 is 9.53 Å². The molecule has 0 bridgehead atoms. The summed E-state index contributed by atoms with van der Waals surface area (Å²) in [5, 5.41) is 5.15. The lowest BCUT2D eigenvalue weighted by molar-refractivity contribution is -0.142. The maximum Gasteiger partial charge on any atom is 0.303 e. The van der Waals surface area contributed by atoms with Gasteiger partial charge in [-0.25, -0.2) is 9.67 Å². The van der Waals surface area contributed by atoms with Crippen molar-refractivity contribution in [2.24, 2.45) is 7.05 Å². The number of aromatic nitrogens is 4. The van der Waals surface area contributed by atoms with E-state index in [1.165, 1.54) is 6.92 Å². The number of rotatable bonds is 4. The summed E-state index contributed by atoms with van der Waals surface area (Å²) in [5.41, 5.74) is 5.28. The third kappa shape index (κ3) is 3.96. The van der Waals surface area contributed by atoms with Gasteiger partial charge in [-0.15, -0.1) is 0 Å². The summed E-state index contributed by atoms with van der Waals surface area (Å²) in [4.78, 5) is 29.1. The highest BCUT2D eigenvalue weighted by atomic mass is 35.5. The van der Waals surface area contributed by atoms with E-state index in [0.29, 0.717) is 27.6 Å². The minimum atomic E-state index is -0.411. The summed E-state index contributed by atoms with van der Waals surface area (Å²) < 4.78 is 8.37. The van der Waals surface area contributed by atoms with E-state index in [9.17, 15) is 9.59 Å². The van der Waals surface area contributed by atoms with Gasteiger partial charge in [0.25, 0.3) is 5.56 Å². The Morgan fingerprint density at radius 2 is 1.87 bits per heavy atom. The molecule has 0 aliphatic heterocycles. The summed E-state index contributed by atoms with van der Waals surface area (Å²) in [5.74, 6) is -0.411. The average Bonchev–Trinajstić information content (AvgIpc) is 3.15. The number of aryl methyl sites for hydroxylation is 3. The molecule has 0 saturated carbocycles. The van der Waals surface area contributed by atoms with Crippen molar-refractivity contribution in [3.05, 3.63) is 74.7 Å². The molecule has 2 aromatic heterocycles. The van der Waals surface area contributed by atoms with Crippen LogP contribution in [0.4, 0.5) is 0 Å². The number of hydrogen-bond acceptors (Lipinski definition) is 5. The Kier molecular flexibility index (Phi) is 5.37. The highest BCUT2D eigenvalue weighted by Crippen LogP contribution is 2.23. The predicted molar refractivity (Wildman–Crippen MR) is 119 cm³/mol. The first-order valence-corrected chi connectivity index (χ1v) is 10.1. The van der Waals surface area contributed by atoms with Gasteiger partial charge in [-0.3, -0.25) is 9.59 Å². The molecule has 0 aliphatic carbocycles. The van der Waals surface area contributed by atoms with Crippen LogP contribution in [-0.2, 0) is 23.2 Å². The molecule has 31 heavy (non-hydrogen) atoms. The van der Waals surface area contributed by atoms with Gasteiger partial charge in [0.05, 0.1) is 22.4 Å². The summed E-state index contributed by atoms with van der Waals surface area (Å²) in [6.45, 7) is 5.35. The van der Waals surface area contributed by atoms with Crippen molar-refractivity contribution in [3.8, 4) is 17.1 Å². The van der Waals surface area contributed by atoms with E-state index in [1.54, 1.807) is 40.6 Å². The second kappa shape index (κ2) is 8.00. The first-order valence-electron chi connectivity index (χ1n) is 9.71. The minimum absolute atomic E-state index is 0.00104. The third-order valence-corrected chi connectivity index (χ3v) is 5.43. The van der Waals surface area contributed by atoms with E-state index in [4.69, 9.17) is 16.3 Å². The third-order valence-electron chi connectivity index (χ3n) is 5.19. The van der Waals surface area contributed by atoms with Crippen LogP contribution in [0.3, 0.4) is 0 Å². The van der Waals surface area contributed by atoms with E-state index in [2.05, 4.69) is 10.1 Å². The Balaban J connectivity index is 1.92. The summed E-state index contributed by atoms with van der Waals surface area (Å²) in [6.07, 6.45) is 0. The van der Waals surface area contributed by atoms with E-state index >= 15 is 0 Å². The molecule has 8 heteroatoms. The molecule has 0 aliphatic rings. The van der Waals surface area contributed by atoms with E-state index in [1.807, 2.05) is 32.0 Å². The standard InChI is InChI=1S/C23H21ClN4O3/c1-13-8-19-21(9-14(13)2)27(4)23(30)22(25-19)20-11-18(12-31-15(3)29)28(26-20)17-7-5-6-16(24)10-17/h5-11H,12H2,1-4H3. The van der Waals surface area contributed by atoms with Crippen LogP contribution in [-0.4, -0.2) is 25.3 Å². The van der Waals surface area contributed by atoms with Crippen LogP contribution < -0.4 is 5.56 Å². The fourth-order valence-electron chi connectivity index (χ4n) is 3.39. The minimum Gasteiger partial charge on any atom is -0.459 e. The van der Waals surface area contributed by atoms with Crippen molar-refractivity contribution in [2.45, 2.75) is 27.4 Å². The van der Waals surface area contributed by atoms with Crippen molar-refractivity contribution in [2.75, 3.05) is 0 Å². The predicted octanol–water partition coefficient (Wildman–Crippen LogP) is 4.12. The van der Waals surface area contributed by atoms with Crippen LogP contribution in [0.15, 0.2) is 47.3 Å². The molecule has 4 aromatic rings. The number of esters is 1. The topological polar surface area (TPSA) is 79.0 Å². The molecule has 0 N–H and O–H groups in total. The molecule has 7 nitrogen and oxygen atoms in total. The fourth-order valence-corrected chi connectivity index (χ4v) is 3.58. The van der Waals surface area contributed by atoms with Gasteiger partial charge in [-0.2, -0.15) is 5.10 Å². The number of fused-ring (bicyclic) bond motifs is 1. The van der Waals surface area contributed by atoms with Crippen LogP contribution in [0.1, 0.15) is 23.7 Å². The molecule has 0 amide bonds. The van der Waals surface area contributed by atoms with Gasteiger partial charge in [0.1, 0.15) is 12.3 Å². The first-order chi connectivity index (χ1) is 14.7. The Morgan fingerprint density at radius 1 is 1.13 bits per heavy atom. The van der Waals surface area contributed by atoms with Crippen LogP contribution >= 0.6 is 11.6 Å².